The Morgan fingerprint density at radius 2 is 1.62 bits per heavy atom. The maximum absolute atomic E-state index is 13.5. The van der Waals surface area contributed by atoms with Crippen LogP contribution in [-0.2, 0) is 24.3 Å². The van der Waals surface area contributed by atoms with Crippen molar-refractivity contribution in [2.45, 2.75) is 25.7 Å². The Morgan fingerprint density at radius 1 is 0.946 bits per heavy atom. The van der Waals surface area contributed by atoms with Crippen LogP contribution in [0.15, 0.2) is 82.1 Å². The van der Waals surface area contributed by atoms with Gasteiger partial charge in [-0.25, -0.2) is 17.5 Å². The molecule has 0 saturated carbocycles. The molecule has 37 heavy (non-hydrogen) atoms. The zero-order valence-electron chi connectivity index (χ0n) is 20.3. The molecule has 0 unspecified atom stereocenters. The van der Waals surface area contributed by atoms with E-state index < -0.39 is 21.9 Å². The van der Waals surface area contributed by atoms with Gasteiger partial charge in [0.1, 0.15) is 16.9 Å². The number of esters is 1. The summed E-state index contributed by atoms with van der Waals surface area (Å²) in [5.41, 5.74) is 1.53. The first kappa shape index (κ1) is 25.6. The minimum atomic E-state index is -4.33. The number of carbonyl (C=O) groups is 3. The fraction of sp³-hybridized carbons (Fsp3) is 0.148. The Labute approximate surface area is 213 Å². The van der Waals surface area contributed by atoms with E-state index in [1.54, 1.807) is 31.2 Å². The van der Waals surface area contributed by atoms with Crippen LogP contribution >= 0.6 is 0 Å². The number of nitrogens with one attached hydrogen (secondary N) is 1. The SMILES string of the molecule is CCOC(=O)c1c(-c2ccccc2)oc2ccc(N(C(C)=O)S(=O)(=O)c3ccc(NC(C)=O)cc3)cc12. The molecule has 0 aliphatic heterocycles. The number of anilines is 2. The molecule has 4 rings (SSSR count). The minimum Gasteiger partial charge on any atom is -0.462 e. The van der Waals surface area contributed by atoms with E-state index in [0.717, 1.165) is 6.92 Å². The summed E-state index contributed by atoms with van der Waals surface area (Å²) in [6.45, 7) is 4.27. The summed E-state index contributed by atoms with van der Waals surface area (Å²) in [5.74, 6) is -1.42. The van der Waals surface area contributed by atoms with Gasteiger partial charge >= 0.3 is 5.97 Å². The van der Waals surface area contributed by atoms with Crippen LogP contribution in [0.25, 0.3) is 22.3 Å². The van der Waals surface area contributed by atoms with Gasteiger partial charge in [-0.05, 0) is 49.4 Å². The number of fused-ring (bicyclic) bond motifs is 1. The summed E-state index contributed by atoms with van der Waals surface area (Å²) in [5, 5.41) is 2.86. The van der Waals surface area contributed by atoms with E-state index in [9.17, 15) is 22.8 Å². The molecular formula is C27H24N2O7S. The van der Waals surface area contributed by atoms with Crippen molar-refractivity contribution in [3.05, 3.63) is 78.4 Å². The third kappa shape index (κ3) is 5.10. The Morgan fingerprint density at radius 3 is 2.22 bits per heavy atom. The van der Waals surface area contributed by atoms with E-state index in [4.69, 9.17) is 9.15 Å². The van der Waals surface area contributed by atoms with Crippen molar-refractivity contribution in [3.63, 3.8) is 0 Å². The van der Waals surface area contributed by atoms with Crippen LogP contribution in [0.1, 0.15) is 31.1 Å². The lowest BCUT2D eigenvalue weighted by atomic mass is 10.1. The molecule has 9 nitrogen and oxygen atoms in total. The molecule has 0 fully saturated rings. The highest BCUT2D eigenvalue weighted by molar-refractivity contribution is 7.93. The highest BCUT2D eigenvalue weighted by atomic mass is 32.2. The van der Waals surface area contributed by atoms with Crippen LogP contribution in [0.3, 0.4) is 0 Å². The molecule has 1 heterocycles. The van der Waals surface area contributed by atoms with E-state index in [1.807, 2.05) is 6.07 Å². The third-order valence-electron chi connectivity index (χ3n) is 5.42. The largest absolute Gasteiger partial charge is 0.462 e. The number of furan rings is 1. The summed E-state index contributed by atoms with van der Waals surface area (Å²) >= 11 is 0. The molecule has 1 aromatic heterocycles. The number of rotatable bonds is 7. The summed E-state index contributed by atoms with van der Waals surface area (Å²) in [6.07, 6.45) is 0. The van der Waals surface area contributed by atoms with Crippen LogP contribution in [0, 0.1) is 0 Å². The van der Waals surface area contributed by atoms with Gasteiger partial charge in [-0.1, -0.05) is 30.3 Å². The van der Waals surface area contributed by atoms with Gasteiger partial charge in [0.2, 0.25) is 11.8 Å². The van der Waals surface area contributed by atoms with Gasteiger partial charge in [0, 0.05) is 30.5 Å². The molecule has 0 bridgehead atoms. The Kier molecular flexibility index (Phi) is 7.12. The van der Waals surface area contributed by atoms with Crippen molar-refractivity contribution in [3.8, 4) is 11.3 Å². The van der Waals surface area contributed by atoms with Gasteiger partial charge in [0.25, 0.3) is 10.0 Å². The monoisotopic (exact) mass is 520 g/mol. The third-order valence-corrected chi connectivity index (χ3v) is 7.24. The molecule has 3 aromatic carbocycles. The number of carbonyl (C=O) groups excluding carboxylic acids is 3. The number of sulfonamides is 1. The fourth-order valence-corrected chi connectivity index (χ4v) is 5.34. The van der Waals surface area contributed by atoms with E-state index in [0.29, 0.717) is 26.5 Å². The maximum atomic E-state index is 13.5. The van der Waals surface area contributed by atoms with Crippen molar-refractivity contribution in [1.82, 2.24) is 0 Å². The second kappa shape index (κ2) is 10.3. The minimum absolute atomic E-state index is 0.0249. The Balaban J connectivity index is 1.85. The second-order valence-corrected chi connectivity index (χ2v) is 9.85. The molecule has 10 heteroatoms. The zero-order valence-corrected chi connectivity index (χ0v) is 21.2. The number of nitrogens with zero attached hydrogens (tertiary/aromatic N) is 1. The normalized spacial score (nSPS) is 11.2. The first-order valence-electron chi connectivity index (χ1n) is 11.4. The molecule has 0 aliphatic carbocycles. The van der Waals surface area contributed by atoms with E-state index in [1.165, 1.54) is 49.4 Å². The Bertz CT molecular complexity index is 1590. The standard InChI is InChI=1S/C27H24N2O7S/c1-4-35-27(32)25-23-16-21(12-15-24(23)36-26(25)19-8-6-5-7-9-19)29(18(3)31)37(33,34)22-13-10-20(11-14-22)28-17(2)30/h5-16H,4H2,1-3H3,(H,28,30). The molecule has 190 valence electrons. The Hall–Kier alpha value is -4.44. The van der Waals surface area contributed by atoms with E-state index in [-0.39, 0.29) is 34.4 Å². The number of ether oxygens (including phenoxy) is 1. The molecule has 1 N–H and O–H groups in total. The smallest absolute Gasteiger partial charge is 0.342 e. The van der Waals surface area contributed by atoms with E-state index in [2.05, 4.69) is 5.32 Å². The quantitative estimate of drug-likeness (QED) is 0.341. The lowest BCUT2D eigenvalue weighted by Gasteiger charge is -2.21. The second-order valence-electron chi connectivity index (χ2n) is 8.07. The predicted octanol–water partition coefficient (Wildman–Crippen LogP) is 4.98. The lowest BCUT2D eigenvalue weighted by Crippen LogP contribution is -2.35. The summed E-state index contributed by atoms with van der Waals surface area (Å²) in [4.78, 5) is 36.7. The number of benzene rings is 3. The fourth-order valence-electron chi connectivity index (χ4n) is 3.92. The first-order chi connectivity index (χ1) is 17.6. The molecule has 2 amide bonds. The summed E-state index contributed by atoms with van der Waals surface area (Å²) < 4.78 is 38.9. The summed E-state index contributed by atoms with van der Waals surface area (Å²) in [7, 11) is -4.33. The first-order valence-corrected chi connectivity index (χ1v) is 12.8. The van der Waals surface area contributed by atoms with Gasteiger partial charge in [0.15, 0.2) is 0 Å². The molecule has 0 spiro atoms. The molecule has 0 radical (unpaired) electrons. The van der Waals surface area contributed by atoms with Gasteiger partial charge in [-0.3, -0.25) is 9.59 Å². The molecule has 4 aromatic rings. The van der Waals surface area contributed by atoms with Crippen molar-refractivity contribution in [2.24, 2.45) is 0 Å². The number of amides is 2. The van der Waals surface area contributed by atoms with Crippen LogP contribution in [0.2, 0.25) is 0 Å². The maximum Gasteiger partial charge on any atom is 0.342 e. The molecular weight excluding hydrogens is 496 g/mol. The van der Waals surface area contributed by atoms with Crippen LogP contribution in [-0.4, -0.2) is 32.8 Å². The van der Waals surface area contributed by atoms with Crippen molar-refractivity contribution in [2.75, 3.05) is 16.2 Å². The highest BCUT2D eigenvalue weighted by Gasteiger charge is 2.31. The van der Waals surface area contributed by atoms with Crippen LogP contribution in [0.5, 0.6) is 0 Å². The average molecular weight is 521 g/mol. The van der Waals surface area contributed by atoms with Gasteiger partial charge in [-0.15, -0.1) is 0 Å². The zero-order chi connectivity index (χ0) is 26.7. The topological polar surface area (TPSA) is 123 Å². The van der Waals surface area contributed by atoms with Crippen molar-refractivity contribution in [1.29, 1.82) is 0 Å². The highest BCUT2D eigenvalue weighted by Crippen LogP contribution is 2.37. The molecule has 0 saturated heterocycles. The average Bonchev–Trinajstić information content (AvgIpc) is 3.23. The number of hydrogen-bond donors (Lipinski definition) is 1. The van der Waals surface area contributed by atoms with Gasteiger partial charge < -0.3 is 14.5 Å². The molecule has 0 aliphatic rings. The molecule has 0 atom stereocenters. The lowest BCUT2D eigenvalue weighted by molar-refractivity contribution is -0.115. The van der Waals surface area contributed by atoms with Crippen molar-refractivity contribution < 1.29 is 32.0 Å². The van der Waals surface area contributed by atoms with Crippen LogP contribution in [0.4, 0.5) is 11.4 Å². The summed E-state index contributed by atoms with van der Waals surface area (Å²) in [6, 6.07) is 18.8. The van der Waals surface area contributed by atoms with E-state index >= 15 is 0 Å². The van der Waals surface area contributed by atoms with Gasteiger partial charge in [0.05, 0.1) is 17.2 Å². The van der Waals surface area contributed by atoms with Crippen molar-refractivity contribution >= 4 is 50.2 Å². The van der Waals surface area contributed by atoms with Crippen LogP contribution < -0.4 is 9.62 Å². The predicted molar refractivity (Wildman–Crippen MR) is 139 cm³/mol. The number of hydrogen-bond acceptors (Lipinski definition) is 7. The van der Waals surface area contributed by atoms with Gasteiger partial charge in [-0.2, -0.15) is 0 Å².